The molecule has 42 heavy (non-hydrogen) atoms. The highest BCUT2D eigenvalue weighted by Gasteiger charge is 2.29. The molecule has 0 spiro atoms. The summed E-state index contributed by atoms with van der Waals surface area (Å²) in [6.45, 7) is 13.6. The van der Waals surface area contributed by atoms with Gasteiger partial charge in [-0.2, -0.15) is 0 Å². The van der Waals surface area contributed by atoms with E-state index in [1.807, 2.05) is 20.8 Å². The lowest BCUT2D eigenvalue weighted by Crippen LogP contribution is -2.38. The first-order valence-electron chi connectivity index (χ1n) is 14.2. The maximum absolute atomic E-state index is 14.9. The van der Waals surface area contributed by atoms with Gasteiger partial charge in [0.1, 0.15) is 22.3 Å². The molecule has 1 atom stereocenters. The van der Waals surface area contributed by atoms with Gasteiger partial charge in [0.25, 0.3) is 0 Å². The van der Waals surface area contributed by atoms with Gasteiger partial charge in [0.15, 0.2) is 11.7 Å². The van der Waals surface area contributed by atoms with Gasteiger partial charge in [-0.15, -0.1) is 0 Å². The first kappa shape index (κ1) is 31.0. The Morgan fingerprint density at radius 2 is 1.83 bits per heavy atom. The van der Waals surface area contributed by atoms with Crippen molar-refractivity contribution in [1.82, 2.24) is 4.98 Å². The predicted octanol–water partition coefficient (Wildman–Crippen LogP) is 8.30. The molecule has 2 aromatic heterocycles. The monoisotopic (exact) mass is 593 g/mol. The standard InChI is InChI=1S/C31H31ClFN3O4.C2H6/c1-17-28(39)23-15-21(33)14-22(29(23)40-30(17)36-11-9-31(3,4)10-12-36)18(2)34-24-6-8-26(32)35-27(24)19-5-7-25(38)20(13-19)16-37;1-2/h5-8,13-16,18,34,38H,9-12H2,1-4H3;1-2H3. The summed E-state index contributed by atoms with van der Waals surface area (Å²) in [7, 11) is 0. The van der Waals surface area contributed by atoms with Gasteiger partial charge in [0, 0.05) is 24.2 Å². The van der Waals surface area contributed by atoms with Crippen LogP contribution in [-0.2, 0) is 0 Å². The number of nitrogens with one attached hydrogen (secondary N) is 1. The van der Waals surface area contributed by atoms with E-state index in [0.29, 0.717) is 45.8 Å². The molecule has 0 bridgehead atoms. The van der Waals surface area contributed by atoms with Crippen LogP contribution >= 0.6 is 11.6 Å². The van der Waals surface area contributed by atoms with Crippen LogP contribution in [0.2, 0.25) is 5.15 Å². The predicted molar refractivity (Wildman–Crippen MR) is 168 cm³/mol. The zero-order chi connectivity index (χ0) is 30.8. The number of phenolic OH excluding ortho intramolecular Hbond substituents is 1. The fourth-order valence-corrected chi connectivity index (χ4v) is 5.33. The summed E-state index contributed by atoms with van der Waals surface area (Å²) in [5.41, 5.74) is 2.91. The lowest BCUT2D eigenvalue weighted by Gasteiger charge is -2.37. The third-order valence-corrected chi connectivity index (χ3v) is 7.93. The molecule has 1 saturated heterocycles. The Bertz CT molecular complexity index is 1670. The van der Waals surface area contributed by atoms with Gasteiger partial charge in [-0.1, -0.05) is 39.3 Å². The average Bonchev–Trinajstić information content (AvgIpc) is 2.97. The van der Waals surface area contributed by atoms with Crippen LogP contribution in [-0.4, -0.2) is 29.5 Å². The molecule has 0 amide bonds. The molecule has 4 aromatic rings. The van der Waals surface area contributed by atoms with Crippen molar-refractivity contribution in [3.63, 3.8) is 0 Å². The summed E-state index contributed by atoms with van der Waals surface area (Å²) in [6.07, 6.45) is 2.50. The quantitative estimate of drug-likeness (QED) is 0.171. The van der Waals surface area contributed by atoms with E-state index in [9.17, 15) is 19.1 Å². The number of hydrogen-bond donors (Lipinski definition) is 2. The minimum atomic E-state index is -0.543. The molecule has 7 nitrogen and oxygen atoms in total. The number of aromatic nitrogens is 1. The molecule has 0 radical (unpaired) electrons. The molecule has 3 heterocycles. The SMILES string of the molecule is CC.Cc1c(N2CCC(C)(C)CC2)oc2c(C(C)Nc3ccc(Cl)nc3-c3ccc(O)c(C=O)c3)cc(F)cc2c1=O. The lowest BCUT2D eigenvalue weighted by atomic mass is 9.82. The molecule has 1 aliphatic heterocycles. The summed E-state index contributed by atoms with van der Waals surface area (Å²) in [5, 5.41) is 13.7. The normalized spacial score (nSPS) is 15.1. The first-order valence-corrected chi connectivity index (χ1v) is 14.6. The van der Waals surface area contributed by atoms with Crippen LogP contribution in [0.3, 0.4) is 0 Å². The lowest BCUT2D eigenvalue weighted by molar-refractivity contribution is 0.112. The molecule has 1 fully saturated rings. The van der Waals surface area contributed by atoms with Gasteiger partial charge >= 0.3 is 0 Å². The second-order valence-corrected chi connectivity index (χ2v) is 11.6. The third-order valence-electron chi connectivity index (χ3n) is 7.72. The molecule has 0 saturated carbocycles. The number of aromatic hydroxyl groups is 1. The fraction of sp³-hybridized carbons (Fsp3) is 0.364. The molecular weight excluding hydrogens is 557 g/mol. The first-order chi connectivity index (χ1) is 20.0. The second kappa shape index (κ2) is 12.5. The topological polar surface area (TPSA) is 95.7 Å². The van der Waals surface area contributed by atoms with Crippen molar-refractivity contribution in [3.8, 4) is 17.0 Å². The Balaban J connectivity index is 0.00000198. The Morgan fingerprint density at radius 3 is 2.50 bits per heavy atom. The maximum Gasteiger partial charge on any atom is 0.202 e. The van der Waals surface area contributed by atoms with Crippen LogP contribution in [0.15, 0.2) is 51.7 Å². The van der Waals surface area contributed by atoms with Crippen molar-refractivity contribution < 1.29 is 18.7 Å². The minimum absolute atomic E-state index is 0.111. The van der Waals surface area contributed by atoms with Crippen molar-refractivity contribution in [1.29, 1.82) is 0 Å². The molecule has 2 aromatic carbocycles. The van der Waals surface area contributed by atoms with Crippen LogP contribution in [0.4, 0.5) is 16.0 Å². The number of piperidine rings is 1. The van der Waals surface area contributed by atoms with Crippen molar-refractivity contribution in [3.05, 3.63) is 80.3 Å². The molecule has 1 unspecified atom stereocenters. The Hall–Kier alpha value is -3.91. The number of rotatable bonds is 6. The maximum atomic E-state index is 14.9. The number of fused-ring (bicyclic) bond motifs is 1. The van der Waals surface area contributed by atoms with Gasteiger partial charge < -0.3 is 19.7 Å². The van der Waals surface area contributed by atoms with E-state index in [4.69, 9.17) is 16.0 Å². The Kier molecular flexibility index (Phi) is 9.26. The minimum Gasteiger partial charge on any atom is -0.507 e. The van der Waals surface area contributed by atoms with Gasteiger partial charge in [-0.25, -0.2) is 9.37 Å². The van der Waals surface area contributed by atoms with E-state index in [2.05, 4.69) is 29.0 Å². The number of aldehydes is 1. The van der Waals surface area contributed by atoms with Crippen molar-refractivity contribution >= 4 is 40.4 Å². The zero-order valence-electron chi connectivity index (χ0n) is 24.8. The van der Waals surface area contributed by atoms with Crippen LogP contribution in [0, 0.1) is 18.2 Å². The summed E-state index contributed by atoms with van der Waals surface area (Å²) in [5.74, 6) is -0.167. The summed E-state index contributed by atoms with van der Waals surface area (Å²) < 4.78 is 21.3. The van der Waals surface area contributed by atoms with Crippen molar-refractivity contribution in [2.24, 2.45) is 5.41 Å². The summed E-state index contributed by atoms with van der Waals surface area (Å²) in [6, 6.07) is 9.98. The van der Waals surface area contributed by atoms with E-state index >= 15 is 0 Å². The van der Waals surface area contributed by atoms with Gasteiger partial charge in [-0.05, 0) is 74.6 Å². The molecule has 5 rings (SSSR count). The zero-order valence-corrected chi connectivity index (χ0v) is 25.6. The Labute approximate surface area is 250 Å². The highest BCUT2D eigenvalue weighted by atomic mass is 35.5. The van der Waals surface area contributed by atoms with Gasteiger partial charge in [0.2, 0.25) is 5.88 Å². The van der Waals surface area contributed by atoms with Crippen LogP contribution in [0.25, 0.3) is 22.2 Å². The smallest absolute Gasteiger partial charge is 0.202 e. The van der Waals surface area contributed by atoms with Gasteiger partial charge in [-0.3, -0.25) is 9.59 Å². The van der Waals surface area contributed by atoms with E-state index in [1.54, 1.807) is 25.1 Å². The number of pyridine rings is 1. The Morgan fingerprint density at radius 1 is 1.14 bits per heavy atom. The number of benzene rings is 2. The number of anilines is 2. The number of carbonyl (C=O) groups excluding carboxylic acids is 1. The van der Waals surface area contributed by atoms with Gasteiger partial charge in [0.05, 0.1) is 33.9 Å². The van der Waals surface area contributed by atoms with Crippen molar-refractivity contribution in [2.45, 2.75) is 60.4 Å². The number of carbonyl (C=O) groups is 1. The molecule has 9 heteroatoms. The average molecular weight is 594 g/mol. The highest BCUT2D eigenvalue weighted by Crippen LogP contribution is 2.37. The van der Waals surface area contributed by atoms with E-state index in [-0.39, 0.29) is 32.7 Å². The fourth-order valence-electron chi connectivity index (χ4n) is 5.19. The summed E-state index contributed by atoms with van der Waals surface area (Å²) in [4.78, 5) is 31.4. The molecule has 1 aliphatic rings. The molecular formula is C33H37ClFN3O4. The molecule has 2 N–H and O–H groups in total. The number of phenols is 1. The van der Waals surface area contributed by atoms with Crippen LogP contribution in [0.5, 0.6) is 5.75 Å². The highest BCUT2D eigenvalue weighted by molar-refractivity contribution is 6.29. The molecule has 0 aliphatic carbocycles. The van der Waals surface area contributed by atoms with Crippen LogP contribution in [0.1, 0.15) is 75.0 Å². The van der Waals surface area contributed by atoms with E-state index in [0.717, 1.165) is 25.9 Å². The largest absolute Gasteiger partial charge is 0.507 e. The van der Waals surface area contributed by atoms with Crippen LogP contribution < -0.4 is 15.6 Å². The van der Waals surface area contributed by atoms with E-state index in [1.165, 1.54) is 24.3 Å². The summed E-state index contributed by atoms with van der Waals surface area (Å²) >= 11 is 6.20. The number of halogens is 2. The van der Waals surface area contributed by atoms with Crippen molar-refractivity contribution in [2.75, 3.05) is 23.3 Å². The number of hydrogen-bond acceptors (Lipinski definition) is 7. The third kappa shape index (κ3) is 6.28. The second-order valence-electron chi connectivity index (χ2n) is 11.2. The number of nitrogens with zero attached hydrogens (tertiary/aromatic N) is 2. The van der Waals surface area contributed by atoms with E-state index < -0.39 is 11.9 Å². The molecule has 222 valence electrons.